The molecule has 0 bridgehead atoms. The first-order chi connectivity index (χ1) is 34.1. The molecule has 0 saturated heterocycles. The number of halogens is 2. The Hall–Kier alpha value is -3.78. The van der Waals surface area contributed by atoms with Crippen LogP contribution in [-0.2, 0) is 57.8 Å². The van der Waals surface area contributed by atoms with Crippen LogP contribution in [0.25, 0.3) is 66.1 Å². The van der Waals surface area contributed by atoms with E-state index in [-0.39, 0.29) is 61.3 Å². The Balaban J connectivity index is 0.000000479. The summed E-state index contributed by atoms with van der Waals surface area (Å²) in [5.41, 5.74) is 19.8. The molecule has 408 valence electrons. The van der Waals surface area contributed by atoms with Crippen LogP contribution in [0.15, 0.2) is 146 Å². The molecule has 4 heteroatoms. The molecule has 0 fully saturated rings. The van der Waals surface area contributed by atoms with Crippen molar-refractivity contribution >= 4 is 53.2 Å². The monoisotopic (exact) mass is 1150 g/mol. The Morgan fingerprint density at radius 3 is 0.816 bits per heavy atom. The van der Waals surface area contributed by atoms with Gasteiger partial charge in [-0.1, -0.05) is 303 Å². The van der Waals surface area contributed by atoms with Crippen molar-refractivity contribution in [1.29, 1.82) is 0 Å². The predicted molar refractivity (Wildman–Crippen MR) is 344 cm³/mol. The van der Waals surface area contributed by atoms with Crippen molar-refractivity contribution in [2.45, 2.75) is 183 Å². The molecule has 0 amide bonds. The third kappa shape index (κ3) is 17.6. The van der Waals surface area contributed by atoms with Gasteiger partial charge in [0.25, 0.3) is 0 Å². The second-order valence-corrected chi connectivity index (χ2v) is 24.6. The summed E-state index contributed by atoms with van der Waals surface area (Å²) in [4.78, 5) is 0. The van der Waals surface area contributed by atoms with Crippen molar-refractivity contribution in [3.05, 3.63) is 194 Å². The van der Waals surface area contributed by atoms with Gasteiger partial charge in [0.05, 0.1) is 0 Å². The van der Waals surface area contributed by atoms with Gasteiger partial charge in [0.2, 0.25) is 0 Å². The Morgan fingerprint density at radius 2 is 0.579 bits per heavy atom. The summed E-state index contributed by atoms with van der Waals surface area (Å²) in [5.74, 6) is 0. The van der Waals surface area contributed by atoms with Crippen LogP contribution in [-0.4, -0.2) is 6.88 Å². The van der Waals surface area contributed by atoms with Gasteiger partial charge in [-0.25, -0.2) is 0 Å². The second kappa shape index (κ2) is 30.0. The molecule has 0 aromatic heterocycles. The number of fused-ring (bicyclic) bond motifs is 2. The van der Waals surface area contributed by atoms with Crippen molar-refractivity contribution in [2.75, 3.05) is 0 Å². The Bertz CT molecular complexity index is 2560. The standard InChI is InChI=1S/2C35H43.2CH3.2ClH.Si.Zr/c2*1-8-9-10-11-12-25-23-32-30(26-13-17-28(18-14-26)34(2,3)4)21-22-31(33(32)24-25)27-15-19-29(20-16-27)35(5,6)7;;;;;;/h2*13-24H,8-12H2,1-7H3;2*1H3;2*1H;;/q4*-1;;;;. The minimum atomic E-state index is 0. The van der Waals surface area contributed by atoms with E-state index in [1.807, 2.05) is 0 Å². The number of hydrogen-bond acceptors (Lipinski definition) is 0. The average molecular weight is 1150 g/mol. The van der Waals surface area contributed by atoms with Crippen molar-refractivity contribution in [1.82, 2.24) is 0 Å². The summed E-state index contributed by atoms with van der Waals surface area (Å²) in [5, 5.41) is 5.54. The van der Waals surface area contributed by atoms with Gasteiger partial charge >= 0.3 is 30.2 Å². The molecule has 76 heavy (non-hydrogen) atoms. The van der Waals surface area contributed by atoms with Gasteiger partial charge in [0.15, 0.2) is 0 Å². The first-order valence-corrected chi connectivity index (χ1v) is 31.5. The van der Waals surface area contributed by atoms with E-state index < -0.39 is 0 Å². The summed E-state index contributed by atoms with van der Waals surface area (Å²) >= 11 is 1.36. The van der Waals surface area contributed by atoms with E-state index in [1.54, 1.807) is 0 Å². The number of benzene rings is 6. The first-order valence-electron chi connectivity index (χ1n) is 27.3. The Kier molecular flexibility index (Phi) is 27.0. The van der Waals surface area contributed by atoms with Crippen LogP contribution in [0, 0.1) is 14.9 Å². The summed E-state index contributed by atoms with van der Waals surface area (Å²) in [6, 6.07) is 56.0. The van der Waals surface area contributed by atoms with Crippen LogP contribution in [0.1, 0.15) is 182 Å². The molecule has 8 aromatic carbocycles. The first kappa shape index (κ1) is 68.3. The zero-order valence-corrected chi connectivity index (χ0v) is 54.8. The summed E-state index contributed by atoms with van der Waals surface area (Å²) in [7, 11) is 0. The molecule has 0 nitrogen and oxygen atoms in total. The van der Waals surface area contributed by atoms with E-state index in [1.165, 1.54) is 187 Å². The Morgan fingerprint density at radius 1 is 0.342 bits per heavy atom. The molecule has 0 spiro atoms. The van der Waals surface area contributed by atoms with Gasteiger partial charge in [-0.3, -0.25) is 0 Å². The molecular formula is C72H94Cl2SiZr-4. The van der Waals surface area contributed by atoms with E-state index in [0.717, 1.165) is 0 Å². The van der Waals surface area contributed by atoms with Gasteiger partial charge in [-0.15, -0.1) is 69.6 Å². The summed E-state index contributed by atoms with van der Waals surface area (Å²) in [6.07, 6.45) is 12.7. The molecule has 0 N–H and O–H groups in total. The minimum absolute atomic E-state index is 0. The number of aryl methyl sites for hydroxylation is 2. The fourth-order valence-corrected chi connectivity index (χ4v) is 10.1. The third-order valence-electron chi connectivity index (χ3n) is 14.8. The van der Waals surface area contributed by atoms with Crippen molar-refractivity contribution in [3.8, 4) is 44.5 Å². The van der Waals surface area contributed by atoms with E-state index in [0.29, 0.717) is 0 Å². The van der Waals surface area contributed by atoms with Crippen LogP contribution < -0.4 is 0 Å². The van der Waals surface area contributed by atoms with Crippen molar-refractivity contribution < 1.29 is 23.3 Å². The molecule has 8 aromatic rings. The topological polar surface area (TPSA) is 0 Å². The van der Waals surface area contributed by atoms with Crippen LogP contribution in [0.3, 0.4) is 0 Å². The van der Waals surface area contributed by atoms with E-state index in [9.17, 15) is 0 Å². The fraction of sp³-hybridized carbons (Fsp3) is 0.389. The van der Waals surface area contributed by atoms with E-state index in [4.69, 9.17) is 0 Å². The maximum atomic E-state index is 3.06. The van der Waals surface area contributed by atoms with Gasteiger partial charge in [-0.05, 0) is 67.9 Å². The molecule has 0 aliphatic carbocycles. The summed E-state index contributed by atoms with van der Waals surface area (Å²) in [6.45, 7) is 35.0. The zero-order valence-electron chi connectivity index (χ0n) is 49.7. The van der Waals surface area contributed by atoms with Crippen LogP contribution >= 0.6 is 24.8 Å². The molecule has 0 unspecified atom stereocenters. The van der Waals surface area contributed by atoms with Crippen molar-refractivity contribution in [2.24, 2.45) is 0 Å². The van der Waals surface area contributed by atoms with Gasteiger partial charge in [-0.2, -0.15) is 12.1 Å². The third-order valence-corrected chi connectivity index (χ3v) is 14.8. The molecule has 0 atom stereocenters. The van der Waals surface area contributed by atoms with Gasteiger partial charge in [0.1, 0.15) is 0 Å². The van der Waals surface area contributed by atoms with E-state index in [2.05, 4.69) is 249 Å². The normalized spacial score (nSPS) is 11.5. The number of hydrogen-bond donors (Lipinski definition) is 0. The van der Waals surface area contributed by atoms with Crippen LogP contribution in [0.4, 0.5) is 0 Å². The molecule has 0 aliphatic heterocycles. The average Bonchev–Trinajstić information content (AvgIpc) is 3.99. The fourth-order valence-electron chi connectivity index (χ4n) is 10.1. The molecule has 2 radical (unpaired) electrons. The number of unbranched alkanes of at least 4 members (excludes halogenated alkanes) is 6. The zero-order chi connectivity index (χ0) is 52.4. The second-order valence-electron chi connectivity index (χ2n) is 24.6. The SMILES string of the molecule is CCCCCCc1cc2c(-c3ccc(C(C)(C)C)cc3)ccc(-c3ccc(C(C)(C)C)cc3)c2[cH-]1.CCCCCCc1cc2c(-c3ccc(C(C)(C)C)cc3)ccc(-c3ccc(C(C)(C)C)cc3)c2[cH-]1.Cl.Cl.[CH3-].[CH3-].[Si]=[Zr]. The predicted octanol–water partition coefficient (Wildman–Crippen LogP) is 22.6. The molecule has 8 rings (SSSR count). The van der Waals surface area contributed by atoms with E-state index >= 15 is 0 Å². The maximum absolute atomic E-state index is 3.06. The van der Waals surface area contributed by atoms with Gasteiger partial charge < -0.3 is 14.9 Å². The number of rotatable bonds is 14. The van der Waals surface area contributed by atoms with Gasteiger partial charge in [0, 0.05) is 0 Å². The molecule has 0 saturated carbocycles. The molecule has 0 heterocycles. The Labute approximate surface area is 493 Å². The quantitative estimate of drug-likeness (QED) is 0.0578. The van der Waals surface area contributed by atoms with Crippen LogP contribution in [0.2, 0.25) is 0 Å². The van der Waals surface area contributed by atoms with Crippen molar-refractivity contribution in [3.63, 3.8) is 0 Å². The summed E-state index contributed by atoms with van der Waals surface area (Å²) < 4.78 is 0. The van der Waals surface area contributed by atoms with Crippen LogP contribution in [0.5, 0.6) is 0 Å². The molecular weight excluding hydrogens is 1060 g/mol. The molecule has 0 aliphatic rings.